The van der Waals surface area contributed by atoms with E-state index in [-0.39, 0.29) is 0 Å². The second-order valence-corrected chi connectivity index (χ2v) is 4.31. The van der Waals surface area contributed by atoms with Crippen LogP contribution in [0.1, 0.15) is 19.2 Å². The summed E-state index contributed by atoms with van der Waals surface area (Å²) in [5.41, 5.74) is 1.98. The molecule has 4 heteroatoms. The molecule has 0 unspecified atom stereocenters. The predicted octanol–water partition coefficient (Wildman–Crippen LogP) is 3.28. The van der Waals surface area contributed by atoms with Crippen molar-refractivity contribution in [2.45, 2.75) is 20.3 Å². The fourth-order valence-corrected chi connectivity index (χ4v) is 1.79. The zero-order valence-electron chi connectivity index (χ0n) is 11.6. The molecule has 100 valence electrons. The molecule has 0 aliphatic rings. The zero-order chi connectivity index (χ0) is 13.7. The molecule has 2 aromatic rings. The molecule has 0 aliphatic heterocycles. The lowest BCUT2D eigenvalue weighted by atomic mass is 10.1. The molecule has 1 N–H and O–H groups in total. The summed E-state index contributed by atoms with van der Waals surface area (Å²) in [5.74, 6) is 2.48. The van der Waals surface area contributed by atoms with E-state index in [2.05, 4.69) is 22.2 Å². The summed E-state index contributed by atoms with van der Waals surface area (Å²) in [6.07, 6.45) is 1.01. The van der Waals surface area contributed by atoms with Crippen molar-refractivity contribution in [3.8, 4) is 17.0 Å². The van der Waals surface area contributed by atoms with E-state index in [9.17, 15) is 0 Å². The predicted molar refractivity (Wildman–Crippen MR) is 77.5 cm³/mol. The van der Waals surface area contributed by atoms with Gasteiger partial charge in [0, 0.05) is 18.7 Å². The Balaban J connectivity index is 2.24. The van der Waals surface area contributed by atoms with Crippen LogP contribution in [0.3, 0.4) is 0 Å². The van der Waals surface area contributed by atoms with Gasteiger partial charge in [-0.05, 0) is 37.6 Å². The third-order valence-corrected chi connectivity index (χ3v) is 2.72. The van der Waals surface area contributed by atoms with Gasteiger partial charge in [-0.2, -0.15) is 0 Å². The lowest BCUT2D eigenvalue weighted by Gasteiger charge is -2.07. The molecule has 0 spiro atoms. The summed E-state index contributed by atoms with van der Waals surface area (Å²) >= 11 is 0. The smallest absolute Gasteiger partial charge is 0.130 e. The fourth-order valence-electron chi connectivity index (χ4n) is 1.79. The van der Waals surface area contributed by atoms with Gasteiger partial charge in [0.15, 0.2) is 0 Å². The molecule has 0 radical (unpaired) electrons. The van der Waals surface area contributed by atoms with E-state index in [1.807, 2.05) is 44.3 Å². The Morgan fingerprint density at radius 3 is 2.53 bits per heavy atom. The number of hydrogen-bond donors (Lipinski definition) is 1. The molecule has 1 heterocycles. The van der Waals surface area contributed by atoms with Crippen molar-refractivity contribution >= 4 is 5.82 Å². The molecule has 0 aliphatic carbocycles. The van der Waals surface area contributed by atoms with Gasteiger partial charge in [0.25, 0.3) is 0 Å². The molecule has 0 saturated carbocycles. The summed E-state index contributed by atoms with van der Waals surface area (Å²) < 4.78 is 5.57. The molecule has 0 atom stereocenters. The van der Waals surface area contributed by atoms with Crippen molar-refractivity contribution < 1.29 is 4.74 Å². The molecule has 0 bridgehead atoms. The number of nitrogens with one attached hydrogen (secondary N) is 1. The van der Waals surface area contributed by atoms with Gasteiger partial charge in [0.05, 0.1) is 12.3 Å². The molecule has 19 heavy (non-hydrogen) atoms. The van der Waals surface area contributed by atoms with Gasteiger partial charge < -0.3 is 10.1 Å². The Hall–Kier alpha value is -2.10. The van der Waals surface area contributed by atoms with Gasteiger partial charge in [0.2, 0.25) is 0 Å². The first-order valence-electron chi connectivity index (χ1n) is 6.49. The summed E-state index contributed by atoms with van der Waals surface area (Å²) in [4.78, 5) is 8.74. The monoisotopic (exact) mass is 257 g/mol. The average molecular weight is 257 g/mol. The van der Waals surface area contributed by atoms with Gasteiger partial charge in [-0.1, -0.05) is 6.92 Å². The van der Waals surface area contributed by atoms with Gasteiger partial charge in [-0.25, -0.2) is 9.97 Å². The quantitative estimate of drug-likeness (QED) is 0.893. The van der Waals surface area contributed by atoms with Crippen molar-refractivity contribution in [1.29, 1.82) is 0 Å². The van der Waals surface area contributed by atoms with Crippen LogP contribution in [-0.2, 0) is 0 Å². The topological polar surface area (TPSA) is 47.0 Å². The minimum absolute atomic E-state index is 0.746. The molecule has 0 fully saturated rings. The number of aryl methyl sites for hydroxylation is 1. The minimum atomic E-state index is 0.746. The zero-order valence-corrected chi connectivity index (χ0v) is 11.6. The maximum atomic E-state index is 5.57. The minimum Gasteiger partial charge on any atom is -0.494 e. The Bertz CT molecular complexity index is 538. The van der Waals surface area contributed by atoms with Crippen molar-refractivity contribution in [1.82, 2.24) is 9.97 Å². The van der Waals surface area contributed by atoms with E-state index in [1.165, 1.54) is 0 Å². The SMILES string of the molecule is CCCOc1ccc(-c2cc(NC)nc(C)n2)cc1. The number of hydrogen-bond acceptors (Lipinski definition) is 4. The second-order valence-electron chi connectivity index (χ2n) is 4.31. The summed E-state index contributed by atoms with van der Waals surface area (Å²) in [7, 11) is 1.85. The molecule has 1 aromatic heterocycles. The van der Waals surface area contributed by atoms with Crippen molar-refractivity contribution in [3.63, 3.8) is 0 Å². The van der Waals surface area contributed by atoms with Gasteiger partial charge in [-0.15, -0.1) is 0 Å². The van der Waals surface area contributed by atoms with Crippen LogP contribution >= 0.6 is 0 Å². The van der Waals surface area contributed by atoms with E-state index in [1.54, 1.807) is 0 Å². The third kappa shape index (κ3) is 3.44. The van der Waals surface area contributed by atoms with E-state index in [0.717, 1.165) is 41.7 Å². The lowest BCUT2D eigenvalue weighted by molar-refractivity contribution is 0.317. The maximum absolute atomic E-state index is 5.57. The maximum Gasteiger partial charge on any atom is 0.130 e. The standard InChI is InChI=1S/C15H19N3O/c1-4-9-19-13-7-5-12(6-8-13)14-10-15(16-3)18-11(2)17-14/h5-8,10H,4,9H2,1-3H3,(H,16,17,18). The van der Waals surface area contributed by atoms with Crippen LogP contribution in [-0.4, -0.2) is 23.6 Å². The summed E-state index contributed by atoms with van der Waals surface area (Å²) in [6, 6.07) is 9.93. The van der Waals surface area contributed by atoms with Crippen LogP contribution in [0.5, 0.6) is 5.75 Å². The number of aromatic nitrogens is 2. The number of nitrogens with zero attached hydrogens (tertiary/aromatic N) is 2. The second kappa shape index (κ2) is 6.18. The normalized spacial score (nSPS) is 10.3. The Morgan fingerprint density at radius 2 is 1.89 bits per heavy atom. The molecular weight excluding hydrogens is 238 g/mol. The lowest BCUT2D eigenvalue weighted by Crippen LogP contribution is -1.98. The number of anilines is 1. The Kier molecular flexibility index (Phi) is 4.34. The molecule has 4 nitrogen and oxygen atoms in total. The van der Waals surface area contributed by atoms with E-state index >= 15 is 0 Å². The molecule has 0 saturated heterocycles. The van der Waals surface area contributed by atoms with Crippen molar-refractivity contribution in [2.24, 2.45) is 0 Å². The highest BCUT2D eigenvalue weighted by Crippen LogP contribution is 2.22. The van der Waals surface area contributed by atoms with Crippen LogP contribution in [0.25, 0.3) is 11.3 Å². The van der Waals surface area contributed by atoms with Crippen molar-refractivity contribution in [3.05, 3.63) is 36.2 Å². The highest BCUT2D eigenvalue weighted by atomic mass is 16.5. The molecule has 1 aromatic carbocycles. The van der Waals surface area contributed by atoms with Crippen molar-refractivity contribution in [2.75, 3.05) is 19.0 Å². The average Bonchev–Trinajstić information content (AvgIpc) is 2.45. The molecule has 0 amide bonds. The first-order chi connectivity index (χ1) is 9.22. The van der Waals surface area contributed by atoms with E-state index < -0.39 is 0 Å². The molecular formula is C15H19N3O. The summed E-state index contributed by atoms with van der Waals surface area (Å²) in [5, 5.41) is 3.04. The number of ether oxygens (including phenoxy) is 1. The Labute approximate surface area is 113 Å². The van der Waals surface area contributed by atoms with Gasteiger partial charge >= 0.3 is 0 Å². The van der Waals surface area contributed by atoms with Crippen LogP contribution in [0.2, 0.25) is 0 Å². The largest absolute Gasteiger partial charge is 0.494 e. The van der Waals surface area contributed by atoms with E-state index in [4.69, 9.17) is 4.74 Å². The van der Waals surface area contributed by atoms with Crippen LogP contribution in [0.4, 0.5) is 5.82 Å². The van der Waals surface area contributed by atoms with Crippen LogP contribution in [0.15, 0.2) is 30.3 Å². The van der Waals surface area contributed by atoms with Crippen LogP contribution < -0.4 is 10.1 Å². The van der Waals surface area contributed by atoms with E-state index in [0.29, 0.717) is 0 Å². The van der Waals surface area contributed by atoms with Crippen LogP contribution in [0, 0.1) is 6.92 Å². The first-order valence-corrected chi connectivity index (χ1v) is 6.49. The highest BCUT2D eigenvalue weighted by Gasteiger charge is 2.04. The fraction of sp³-hybridized carbons (Fsp3) is 0.333. The van der Waals surface area contributed by atoms with Gasteiger partial charge in [0.1, 0.15) is 17.4 Å². The summed E-state index contributed by atoms with van der Waals surface area (Å²) in [6.45, 7) is 4.73. The third-order valence-electron chi connectivity index (χ3n) is 2.72. The number of rotatable bonds is 5. The van der Waals surface area contributed by atoms with Gasteiger partial charge in [-0.3, -0.25) is 0 Å². The first kappa shape index (κ1) is 13.3. The Morgan fingerprint density at radius 1 is 1.16 bits per heavy atom. The highest BCUT2D eigenvalue weighted by molar-refractivity contribution is 5.63. The molecule has 2 rings (SSSR count). The number of benzene rings is 1.